The molecule has 4 aliphatic carbocycles. The summed E-state index contributed by atoms with van der Waals surface area (Å²) >= 11 is 7.69. The molecule has 0 heterocycles. The summed E-state index contributed by atoms with van der Waals surface area (Å²) < 4.78 is 2.54. The summed E-state index contributed by atoms with van der Waals surface area (Å²) in [4.78, 5) is 0. The molecule has 4 aliphatic rings. The van der Waals surface area contributed by atoms with Crippen LogP contribution in [0.1, 0.15) is 117 Å². The molecule has 4 atom stereocenters. The predicted molar refractivity (Wildman–Crippen MR) is 292 cm³/mol. The molecule has 0 bridgehead atoms. The van der Waals surface area contributed by atoms with Gasteiger partial charge in [0, 0.05) is 31.1 Å². The quantitative estimate of drug-likeness (QED) is 0.146. The maximum Gasteiger partial charge on any atom is 0.0722 e. The average Bonchev–Trinajstić information content (AvgIpc) is 4.00. The van der Waals surface area contributed by atoms with Gasteiger partial charge in [0.1, 0.15) is 0 Å². The van der Waals surface area contributed by atoms with Crippen LogP contribution in [0.25, 0.3) is 46.6 Å². The van der Waals surface area contributed by atoms with Crippen LogP contribution in [0.15, 0.2) is 140 Å². The number of aryl methyl sites for hydroxylation is 4. The van der Waals surface area contributed by atoms with Crippen LogP contribution in [0.5, 0.6) is 0 Å². The summed E-state index contributed by atoms with van der Waals surface area (Å²) in [6, 6.07) is 40.8. The van der Waals surface area contributed by atoms with Crippen molar-refractivity contribution in [2.45, 2.75) is 104 Å². The van der Waals surface area contributed by atoms with Crippen molar-refractivity contribution in [1.82, 2.24) is 0 Å². The molecule has 4 heteroatoms. The van der Waals surface area contributed by atoms with E-state index in [9.17, 15) is 0 Å². The Labute approximate surface area is 402 Å². The van der Waals surface area contributed by atoms with Crippen LogP contribution >= 0.6 is 31.9 Å². The highest BCUT2D eigenvalue weighted by Crippen LogP contribution is 2.56. The van der Waals surface area contributed by atoms with Gasteiger partial charge in [-0.3, -0.25) is 0 Å². The molecule has 6 aromatic carbocycles. The molecule has 0 radical (unpaired) electrons. The second kappa shape index (κ2) is 16.8. The third kappa shape index (κ3) is 7.27. The molecule has 0 spiro atoms. The lowest BCUT2D eigenvalue weighted by Crippen LogP contribution is -2.42. The highest BCUT2D eigenvalue weighted by atomic mass is 79.9. The number of fused-ring (bicyclic) bond motifs is 4. The Kier molecular flexibility index (Phi) is 11.8. The zero-order valence-electron chi connectivity index (χ0n) is 39.8. The van der Waals surface area contributed by atoms with E-state index in [1.54, 1.807) is 0 Å². The summed E-state index contributed by atoms with van der Waals surface area (Å²) in [6.45, 7) is 28.7. The summed E-state index contributed by atoms with van der Waals surface area (Å²) in [6.07, 6.45) is 9.85. The second-order valence-electron chi connectivity index (χ2n) is 20.6. The van der Waals surface area contributed by atoms with E-state index in [1.165, 1.54) is 120 Å². The molecular weight excluding hydrogens is 937 g/mol. The third-order valence-corrected chi connectivity index (χ3v) is 26.6. The van der Waals surface area contributed by atoms with Crippen LogP contribution in [0.3, 0.4) is 0 Å². The Morgan fingerprint density at radius 3 is 0.906 bits per heavy atom. The van der Waals surface area contributed by atoms with Gasteiger partial charge in [-0.25, -0.2) is 0 Å². The van der Waals surface area contributed by atoms with E-state index in [-0.39, 0.29) is 0 Å². The lowest BCUT2D eigenvalue weighted by atomic mass is 9.92. The summed E-state index contributed by atoms with van der Waals surface area (Å²) in [5.41, 5.74) is 30.9. The molecular formula is C60H62Br2Si2. The molecule has 10 rings (SSSR count). The number of halogens is 2. The van der Waals surface area contributed by atoms with Gasteiger partial charge >= 0.3 is 0 Å². The van der Waals surface area contributed by atoms with E-state index >= 15 is 0 Å². The van der Waals surface area contributed by atoms with Crippen LogP contribution in [0, 0.1) is 27.7 Å². The molecule has 0 fully saturated rings. The zero-order chi connectivity index (χ0) is 45.6. The molecule has 0 aliphatic heterocycles. The minimum absolute atomic E-state index is 0.506. The summed E-state index contributed by atoms with van der Waals surface area (Å²) in [5, 5.41) is 0. The first kappa shape index (κ1) is 44.9. The molecule has 324 valence electrons. The fraction of sp³-hybridized carbons (Fsp3) is 0.267. The zero-order valence-corrected chi connectivity index (χ0v) is 44.9. The van der Waals surface area contributed by atoms with Gasteiger partial charge in [-0.2, -0.15) is 0 Å². The molecule has 0 amide bonds. The molecule has 0 N–H and O–H groups in total. The number of allylic oxidation sites excluding steroid dienone is 4. The lowest BCUT2D eigenvalue weighted by molar-refractivity contribution is 0.966. The third-order valence-electron chi connectivity index (χ3n) is 15.4. The van der Waals surface area contributed by atoms with Crippen molar-refractivity contribution < 1.29 is 0 Å². The van der Waals surface area contributed by atoms with E-state index in [4.69, 9.17) is 0 Å². The minimum Gasteiger partial charge on any atom is -0.0679 e. The smallest absolute Gasteiger partial charge is 0.0679 e. The van der Waals surface area contributed by atoms with E-state index in [2.05, 4.69) is 247 Å². The Morgan fingerprint density at radius 1 is 0.328 bits per heavy atom. The van der Waals surface area contributed by atoms with Gasteiger partial charge in [-0.1, -0.05) is 182 Å². The second-order valence-corrected chi connectivity index (χ2v) is 31.8. The number of benzene rings is 6. The molecule has 0 aromatic heterocycles. The monoisotopic (exact) mass is 996 g/mol. The van der Waals surface area contributed by atoms with E-state index < -0.39 is 16.1 Å². The first-order valence-corrected chi connectivity index (χ1v) is 31.0. The minimum atomic E-state index is -1.88. The van der Waals surface area contributed by atoms with E-state index in [1.807, 2.05) is 0 Å². The SMILES string of the molecule is CC1=Cc2c(ccc(C)c2-c2ccccc2)C1[Si](C)(C)C1C(C)=Cc2c1ccc(C)c2-c1ccccc1.CC1=Cc2c(ccc(C)c2Br)C1[Si](C)(C)C1C(C)=Cc2c1ccc(C)c2Br. The van der Waals surface area contributed by atoms with Crippen molar-refractivity contribution >= 4 is 72.3 Å². The first-order valence-electron chi connectivity index (χ1n) is 23.1. The lowest BCUT2D eigenvalue weighted by Gasteiger charge is -2.39. The van der Waals surface area contributed by atoms with Crippen LogP contribution in [0.4, 0.5) is 0 Å². The molecule has 6 aromatic rings. The standard InChI is InChI=1S/C36H36Si.C24H26Br2Si/c1-23-17-19-29-31(33(23)27-13-9-7-10-14-27)21-25(3)35(29)37(5,6)36-26(4)22-32-30(36)20-18-24(2)34(32)28-15-11-8-12-16-28;1-13-7-9-17-19(21(13)25)11-15(3)23(17)27(5,6)24-16(4)12-20-18(24)10-8-14(2)22(20)26/h7-22,35-36H,1-6H3;7-12,23-24H,1-6H3. The Hall–Kier alpha value is -4.33. The molecule has 0 saturated heterocycles. The molecule has 0 saturated carbocycles. The van der Waals surface area contributed by atoms with Crippen molar-refractivity contribution in [1.29, 1.82) is 0 Å². The molecule has 4 unspecified atom stereocenters. The van der Waals surface area contributed by atoms with E-state index in [0.717, 1.165) is 0 Å². The molecule has 0 nitrogen and oxygen atoms in total. The Balaban J connectivity index is 0.000000170. The van der Waals surface area contributed by atoms with Crippen molar-refractivity contribution in [3.63, 3.8) is 0 Å². The number of hydrogen-bond donors (Lipinski definition) is 0. The van der Waals surface area contributed by atoms with E-state index in [0.29, 0.717) is 22.2 Å². The number of hydrogen-bond acceptors (Lipinski definition) is 0. The van der Waals surface area contributed by atoms with Crippen LogP contribution in [-0.4, -0.2) is 16.1 Å². The van der Waals surface area contributed by atoms with Crippen molar-refractivity contribution in [3.05, 3.63) is 207 Å². The maximum absolute atomic E-state index is 3.84. The largest absolute Gasteiger partial charge is 0.0722 e. The highest BCUT2D eigenvalue weighted by molar-refractivity contribution is 9.11. The number of rotatable bonds is 6. The van der Waals surface area contributed by atoms with Gasteiger partial charge < -0.3 is 0 Å². The Morgan fingerprint density at radius 2 is 0.594 bits per heavy atom. The predicted octanol–water partition coefficient (Wildman–Crippen LogP) is 18.4. The molecule has 64 heavy (non-hydrogen) atoms. The van der Waals surface area contributed by atoms with Crippen molar-refractivity contribution in [2.24, 2.45) is 0 Å². The van der Waals surface area contributed by atoms with Gasteiger partial charge in [0.15, 0.2) is 0 Å². The maximum atomic E-state index is 3.84. The summed E-state index contributed by atoms with van der Waals surface area (Å²) in [7, 11) is -3.61. The van der Waals surface area contributed by atoms with Crippen LogP contribution in [0.2, 0.25) is 26.2 Å². The first-order chi connectivity index (χ1) is 30.4. The van der Waals surface area contributed by atoms with Crippen molar-refractivity contribution in [3.8, 4) is 22.3 Å². The van der Waals surface area contributed by atoms with Crippen LogP contribution < -0.4 is 0 Å². The summed E-state index contributed by atoms with van der Waals surface area (Å²) in [5.74, 6) is 0. The topological polar surface area (TPSA) is 0 Å². The van der Waals surface area contributed by atoms with Gasteiger partial charge in [-0.05, 0) is 176 Å². The normalized spacial score (nSPS) is 19.5. The fourth-order valence-corrected chi connectivity index (χ4v) is 23.9. The van der Waals surface area contributed by atoms with Gasteiger partial charge in [0.05, 0.1) is 16.1 Å². The van der Waals surface area contributed by atoms with Gasteiger partial charge in [0.2, 0.25) is 0 Å². The van der Waals surface area contributed by atoms with Crippen LogP contribution in [-0.2, 0) is 0 Å². The average molecular weight is 999 g/mol. The van der Waals surface area contributed by atoms with Crippen molar-refractivity contribution in [2.75, 3.05) is 0 Å². The Bertz CT molecular complexity index is 2800. The fourth-order valence-electron chi connectivity index (χ4n) is 13.0. The van der Waals surface area contributed by atoms with Gasteiger partial charge in [0.25, 0.3) is 0 Å². The van der Waals surface area contributed by atoms with Gasteiger partial charge in [-0.15, -0.1) is 0 Å². The highest BCUT2D eigenvalue weighted by Gasteiger charge is 2.49.